The van der Waals surface area contributed by atoms with Crippen LogP contribution in [0.2, 0.25) is 5.15 Å². The van der Waals surface area contributed by atoms with Gasteiger partial charge >= 0.3 is 0 Å². The fourth-order valence-corrected chi connectivity index (χ4v) is 9.76. The summed E-state index contributed by atoms with van der Waals surface area (Å²) >= 11 is 6.03. The molecule has 3 amide bonds. The Morgan fingerprint density at radius 1 is 0.571 bits per heavy atom. The zero-order valence-electron chi connectivity index (χ0n) is 41.1. The number of hydrogen-bond donors (Lipinski definition) is 6. The third kappa shape index (κ3) is 11.1. The summed E-state index contributed by atoms with van der Waals surface area (Å²) in [6.07, 6.45) is 16.0. The van der Waals surface area contributed by atoms with Gasteiger partial charge in [0.15, 0.2) is 16.9 Å². The molecule has 5 aliphatic carbocycles. The normalized spacial score (nSPS) is 19.1. The first-order chi connectivity index (χ1) is 33.2. The molecule has 18 nitrogen and oxygen atoms in total. The molecular weight excluding hydrogens is 912 g/mol. The second kappa shape index (κ2) is 19.6. The number of fused-ring (bicyclic) bond motifs is 3. The van der Waals surface area contributed by atoms with Gasteiger partial charge in [-0.05, 0) is 173 Å². The Morgan fingerprint density at radius 3 is 1.44 bits per heavy atom. The molecule has 2 unspecified atom stereocenters. The Hall–Kier alpha value is -5.56. The van der Waals surface area contributed by atoms with Crippen LogP contribution >= 0.6 is 11.6 Å². The number of nitrogens with one attached hydrogen (secondary N) is 3. The standard InChI is InChI=1S/C18H24N4O2.C17H21ClN4O2.C16H22N4O2/c1-11-6-9-14-16(19-11)22(13-4-3-5-13)17(20-14)21-15(23)10-18(2,24)12-7-8-12;1-17(24,10-5-6-10)9-14(23)21-16-19-12-7-8-13(18)20-15(12)22(16)11-3-2-4-11;1-10-7-8-17-14-13(10)19-15(20(14)11-5-4-6-11)18-12(21)9-16(2,3)22/h6,9,12-13,24H,3-5,7-8,10H2,1-2H3,(H,20,21,23);7-8,10-11,24H,2-6,9H2,1H3,(H,19,21,23);7-8,11,22H,4-6,9H2,1-3H3,(H,18,19,21). The molecular formula is C51H67ClN12O6. The molecule has 5 fully saturated rings. The Morgan fingerprint density at radius 2 is 1.00 bits per heavy atom. The highest BCUT2D eigenvalue weighted by molar-refractivity contribution is 6.29. The number of halogens is 1. The van der Waals surface area contributed by atoms with Crippen LogP contribution in [0.5, 0.6) is 0 Å². The first-order valence-electron chi connectivity index (χ1n) is 25.0. The van der Waals surface area contributed by atoms with Crippen LogP contribution in [0.3, 0.4) is 0 Å². The highest BCUT2D eigenvalue weighted by Crippen LogP contribution is 2.44. The summed E-state index contributed by atoms with van der Waals surface area (Å²) in [7, 11) is 0. The molecule has 0 spiro atoms. The summed E-state index contributed by atoms with van der Waals surface area (Å²) in [6.45, 7) is 10.7. The molecule has 0 saturated heterocycles. The molecule has 6 aromatic heterocycles. The summed E-state index contributed by atoms with van der Waals surface area (Å²) in [5.74, 6) is 1.45. The lowest BCUT2D eigenvalue weighted by Gasteiger charge is -2.29. The monoisotopic (exact) mass is 978 g/mol. The second-order valence-electron chi connectivity index (χ2n) is 21.5. The lowest BCUT2D eigenvalue weighted by atomic mass is 9.93. The van der Waals surface area contributed by atoms with Crippen molar-refractivity contribution in [3.8, 4) is 0 Å². The van der Waals surface area contributed by atoms with Crippen LogP contribution in [-0.2, 0) is 14.4 Å². The van der Waals surface area contributed by atoms with Crippen LogP contribution in [0.25, 0.3) is 33.5 Å². The molecule has 5 saturated carbocycles. The van der Waals surface area contributed by atoms with Gasteiger partial charge in [-0.2, -0.15) is 0 Å². The largest absolute Gasteiger partial charge is 0.390 e. The van der Waals surface area contributed by atoms with E-state index in [-0.39, 0.29) is 48.8 Å². The predicted molar refractivity (Wildman–Crippen MR) is 268 cm³/mol. The van der Waals surface area contributed by atoms with E-state index in [1.807, 2.05) is 47.2 Å². The number of pyridine rings is 3. The fraction of sp³-hybridized carbons (Fsp3) is 0.588. The maximum atomic E-state index is 12.4. The van der Waals surface area contributed by atoms with Crippen LogP contribution in [0, 0.1) is 25.7 Å². The zero-order chi connectivity index (χ0) is 49.7. The molecule has 6 heterocycles. The van der Waals surface area contributed by atoms with E-state index in [0.717, 1.165) is 110 Å². The SMILES string of the molecule is CC(O)(CC(=O)Nc1nc2ccc(Cl)nc2n1C1CCC1)C1CC1.Cc1ccc2nc(NC(=O)CC(C)(O)C3CC3)n(C3CCC3)c2n1.Cc1ccnc2c1nc(NC(=O)CC(C)(C)O)n2C1CCC1. The van der Waals surface area contributed by atoms with Gasteiger partial charge in [0.05, 0.1) is 36.1 Å². The van der Waals surface area contributed by atoms with E-state index in [0.29, 0.717) is 46.8 Å². The first kappa shape index (κ1) is 49.4. The van der Waals surface area contributed by atoms with Crippen molar-refractivity contribution < 1.29 is 29.7 Å². The summed E-state index contributed by atoms with van der Waals surface area (Å²) in [5, 5.41) is 39.7. The molecule has 0 radical (unpaired) electrons. The topological polar surface area (TPSA) is 240 Å². The lowest BCUT2D eigenvalue weighted by molar-refractivity contribution is -0.122. The lowest BCUT2D eigenvalue weighted by Crippen LogP contribution is -2.33. The molecule has 0 aromatic carbocycles. The molecule has 6 N–H and O–H groups in total. The van der Waals surface area contributed by atoms with E-state index < -0.39 is 16.8 Å². The zero-order valence-corrected chi connectivity index (χ0v) is 41.9. The number of aryl methyl sites for hydroxylation is 2. The van der Waals surface area contributed by atoms with Crippen molar-refractivity contribution in [3.05, 3.63) is 52.9 Å². The van der Waals surface area contributed by atoms with E-state index in [1.54, 1.807) is 40.0 Å². The van der Waals surface area contributed by atoms with Crippen molar-refractivity contribution in [2.75, 3.05) is 16.0 Å². The van der Waals surface area contributed by atoms with Crippen LogP contribution in [-0.4, -0.2) is 93.4 Å². The Kier molecular flexibility index (Phi) is 13.8. The molecule has 0 aliphatic heterocycles. The number of hydrogen-bond acceptors (Lipinski definition) is 12. The number of rotatable bonds is 14. The van der Waals surface area contributed by atoms with Gasteiger partial charge in [-0.15, -0.1) is 0 Å². The Labute approximate surface area is 412 Å². The number of aliphatic hydroxyl groups is 3. The summed E-state index contributed by atoms with van der Waals surface area (Å²) in [6, 6.07) is 10.3. The van der Waals surface area contributed by atoms with Gasteiger partial charge in [0.1, 0.15) is 21.7 Å². The summed E-state index contributed by atoms with van der Waals surface area (Å²) in [4.78, 5) is 64.1. The Balaban J connectivity index is 0.000000131. The molecule has 6 aromatic rings. The van der Waals surface area contributed by atoms with Crippen molar-refractivity contribution in [1.82, 2.24) is 43.6 Å². The van der Waals surface area contributed by atoms with Gasteiger partial charge in [0.2, 0.25) is 35.6 Å². The Bertz CT molecular complexity index is 2780. The molecule has 19 heteroatoms. The van der Waals surface area contributed by atoms with Gasteiger partial charge in [0, 0.05) is 30.0 Å². The molecule has 70 heavy (non-hydrogen) atoms. The molecule has 0 bridgehead atoms. The van der Waals surface area contributed by atoms with E-state index >= 15 is 0 Å². The molecule has 11 rings (SSSR count). The second-order valence-corrected chi connectivity index (χ2v) is 21.9. The molecule has 374 valence electrons. The fourth-order valence-electron chi connectivity index (χ4n) is 9.62. The van der Waals surface area contributed by atoms with Gasteiger partial charge in [-0.3, -0.25) is 44.0 Å². The maximum Gasteiger partial charge on any atom is 0.229 e. The van der Waals surface area contributed by atoms with Crippen LogP contribution in [0.1, 0.15) is 160 Å². The van der Waals surface area contributed by atoms with E-state index in [1.165, 1.54) is 12.8 Å². The van der Waals surface area contributed by atoms with Crippen molar-refractivity contribution in [2.45, 2.75) is 179 Å². The number of aromatic nitrogens is 9. The number of amides is 3. The quantitative estimate of drug-likeness (QED) is 0.0561. The summed E-state index contributed by atoms with van der Waals surface area (Å²) in [5.41, 5.74) is 3.79. The minimum absolute atomic E-state index is 0.0350. The molecule has 5 aliphatic rings. The van der Waals surface area contributed by atoms with Crippen LogP contribution in [0.15, 0.2) is 36.5 Å². The number of carbonyl (C=O) groups excluding carboxylic acids is 3. The highest BCUT2D eigenvalue weighted by atomic mass is 35.5. The molecule has 2 atom stereocenters. The number of nitrogens with zero attached hydrogens (tertiary/aromatic N) is 9. The van der Waals surface area contributed by atoms with Crippen molar-refractivity contribution in [3.63, 3.8) is 0 Å². The van der Waals surface area contributed by atoms with Crippen LogP contribution in [0.4, 0.5) is 17.8 Å². The van der Waals surface area contributed by atoms with Crippen molar-refractivity contribution >= 4 is 80.7 Å². The van der Waals surface area contributed by atoms with Gasteiger partial charge in [0.25, 0.3) is 0 Å². The number of imidazole rings is 3. The van der Waals surface area contributed by atoms with Gasteiger partial charge in [-0.1, -0.05) is 11.6 Å². The van der Waals surface area contributed by atoms with Gasteiger partial charge in [-0.25, -0.2) is 29.9 Å². The van der Waals surface area contributed by atoms with Crippen molar-refractivity contribution in [1.29, 1.82) is 0 Å². The third-order valence-corrected chi connectivity index (χ3v) is 14.8. The highest BCUT2D eigenvalue weighted by Gasteiger charge is 2.43. The smallest absolute Gasteiger partial charge is 0.229 e. The first-order valence-corrected chi connectivity index (χ1v) is 25.4. The average molecular weight is 980 g/mol. The predicted octanol–water partition coefficient (Wildman–Crippen LogP) is 8.82. The van der Waals surface area contributed by atoms with Crippen LogP contribution < -0.4 is 16.0 Å². The van der Waals surface area contributed by atoms with Crippen molar-refractivity contribution in [2.24, 2.45) is 11.8 Å². The third-order valence-electron chi connectivity index (χ3n) is 14.6. The van der Waals surface area contributed by atoms with E-state index in [4.69, 9.17) is 11.6 Å². The van der Waals surface area contributed by atoms with E-state index in [9.17, 15) is 29.7 Å². The summed E-state index contributed by atoms with van der Waals surface area (Å²) < 4.78 is 6.08. The number of carbonyl (C=O) groups is 3. The number of anilines is 3. The minimum Gasteiger partial charge on any atom is -0.390 e. The van der Waals surface area contributed by atoms with Gasteiger partial charge < -0.3 is 15.3 Å². The maximum absolute atomic E-state index is 12.4. The minimum atomic E-state index is -1.04. The van der Waals surface area contributed by atoms with E-state index in [2.05, 4.69) is 50.4 Å². The average Bonchev–Trinajstić information content (AvgIpc) is 4.15.